The lowest BCUT2D eigenvalue weighted by atomic mass is 9.84. The summed E-state index contributed by atoms with van der Waals surface area (Å²) in [7, 11) is 3.43. The molecule has 0 radical (unpaired) electrons. The van der Waals surface area contributed by atoms with Crippen molar-refractivity contribution in [1.82, 2.24) is 9.13 Å². The lowest BCUT2D eigenvalue weighted by Gasteiger charge is -2.26. The van der Waals surface area contributed by atoms with Crippen molar-refractivity contribution in [3.63, 3.8) is 0 Å². The zero-order valence-corrected chi connectivity index (χ0v) is 17.8. The number of carbonyl (C=O) groups is 2. The van der Waals surface area contributed by atoms with Crippen LogP contribution in [0.4, 0.5) is 0 Å². The fourth-order valence-corrected chi connectivity index (χ4v) is 4.63. The van der Waals surface area contributed by atoms with Gasteiger partial charge in [-0.1, -0.05) is 6.07 Å². The van der Waals surface area contributed by atoms with Gasteiger partial charge >= 0.3 is 11.7 Å². The summed E-state index contributed by atoms with van der Waals surface area (Å²) in [5, 5.41) is 0. The maximum Gasteiger partial charge on any atom is 0.328 e. The minimum atomic E-state index is -0.397. The van der Waals surface area contributed by atoms with Gasteiger partial charge in [0.25, 0.3) is 0 Å². The van der Waals surface area contributed by atoms with Crippen LogP contribution < -0.4 is 15.2 Å². The van der Waals surface area contributed by atoms with Gasteiger partial charge in [0.15, 0.2) is 5.76 Å². The number of aryl methyl sites for hydroxylation is 2. The molecule has 1 atom stereocenters. The van der Waals surface area contributed by atoms with E-state index in [4.69, 9.17) is 13.9 Å². The number of carbonyl (C=O) groups excluding carboxylic acids is 2. The van der Waals surface area contributed by atoms with Crippen molar-refractivity contribution in [2.75, 3.05) is 0 Å². The number of allylic oxidation sites excluding steroid dienone is 1. The molecule has 164 valence electrons. The molecule has 2 aromatic carbocycles. The topological polar surface area (TPSA) is 92.7 Å². The van der Waals surface area contributed by atoms with E-state index in [2.05, 4.69) is 0 Å². The lowest BCUT2D eigenvalue weighted by Crippen LogP contribution is -2.21. The Morgan fingerprint density at radius 1 is 0.970 bits per heavy atom. The summed E-state index contributed by atoms with van der Waals surface area (Å²) in [5.41, 5.74) is 3.29. The smallest absolute Gasteiger partial charge is 0.328 e. The number of nitrogens with zero attached hydrogens (tertiary/aromatic N) is 2. The second-order valence-electron chi connectivity index (χ2n) is 8.19. The number of fused-ring (bicyclic) bond motifs is 4. The third-order valence-corrected chi connectivity index (χ3v) is 6.29. The Balaban J connectivity index is 1.52. The molecular formula is C25H18N2O6. The number of aromatic nitrogens is 2. The molecule has 4 aromatic rings. The highest BCUT2D eigenvalue weighted by atomic mass is 16.5. The predicted molar refractivity (Wildman–Crippen MR) is 118 cm³/mol. The van der Waals surface area contributed by atoms with E-state index in [9.17, 15) is 14.4 Å². The molecular weight excluding hydrogens is 424 g/mol. The Morgan fingerprint density at radius 2 is 1.79 bits per heavy atom. The van der Waals surface area contributed by atoms with Crippen molar-refractivity contribution >= 4 is 28.9 Å². The number of rotatable bonds is 2. The molecule has 4 heterocycles. The van der Waals surface area contributed by atoms with Gasteiger partial charge in [-0.15, -0.1) is 0 Å². The number of furan rings is 1. The third kappa shape index (κ3) is 2.80. The molecule has 6 rings (SSSR count). The van der Waals surface area contributed by atoms with Gasteiger partial charge in [0.1, 0.15) is 17.3 Å². The van der Waals surface area contributed by atoms with E-state index < -0.39 is 5.92 Å². The molecule has 2 aromatic heterocycles. The summed E-state index contributed by atoms with van der Waals surface area (Å²) in [6, 6.07) is 12.4. The van der Waals surface area contributed by atoms with E-state index in [1.807, 2.05) is 18.2 Å². The van der Waals surface area contributed by atoms with Gasteiger partial charge in [-0.2, -0.15) is 0 Å². The molecule has 0 spiro atoms. The Labute approximate surface area is 187 Å². The number of hydrogen-bond donors (Lipinski definition) is 0. The highest BCUT2D eigenvalue weighted by Crippen LogP contribution is 2.49. The Bertz CT molecular complexity index is 1570. The summed E-state index contributed by atoms with van der Waals surface area (Å²) in [4.78, 5) is 37.8. The molecule has 33 heavy (non-hydrogen) atoms. The molecule has 0 fully saturated rings. The van der Waals surface area contributed by atoms with Crippen LogP contribution in [0.2, 0.25) is 0 Å². The van der Waals surface area contributed by atoms with Gasteiger partial charge < -0.3 is 13.9 Å². The number of benzene rings is 2. The van der Waals surface area contributed by atoms with Gasteiger partial charge in [-0.3, -0.25) is 18.7 Å². The maximum absolute atomic E-state index is 13.0. The SMILES string of the molecule is Cn1c(=O)n(C)c2cc([C@H]3CC(=O)Oc4ccc5c(c43)O/C(=C\c3ccco3)C5=O)ccc21. The first-order valence-corrected chi connectivity index (χ1v) is 10.4. The summed E-state index contributed by atoms with van der Waals surface area (Å²) in [5.74, 6) is 0.361. The molecule has 0 bridgehead atoms. The van der Waals surface area contributed by atoms with E-state index in [1.54, 1.807) is 53.6 Å². The molecule has 2 aliphatic rings. The van der Waals surface area contributed by atoms with Gasteiger partial charge in [0.05, 0.1) is 29.3 Å². The van der Waals surface area contributed by atoms with Crippen LogP contribution in [0.15, 0.2) is 63.7 Å². The number of ether oxygens (including phenoxy) is 2. The number of imidazole rings is 1. The third-order valence-electron chi connectivity index (χ3n) is 6.29. The standard InChI is InChI=1S/C25H18N2O6/c1-26-17-7-5-13(10-18(17)27(2)25(26)30)16-12-21(28)32-19-8-6-15-23(29)20(33-24(15)22(16)19)11-14-4-3-9-31-14/h3-11,16H,12H2,1-2H3/b20-11-/t16-/m1/s1. The fraction of sp³-hybridized carbons (Fsp3) is 0.160. The predicted octanol–water partition coefficient (Wildman–Crippen LogP) is 3.53. The molecule has 0 saturated heterocycles. The van der Waals surface area contributed by atoms with Crippen LogP contribution in [0.3, 0.4) is 0 Å². The Kier molecular flexibility index (Phi) is 4.01. The zero-order chi connectivity index (χ0) is 22.9. The number of esters is 1. The van der Waals surface area contributed by atoms with Crippen LogP contribution in [0.5, 0.6) is 11.5 Å². The van der Waals surface area contributed by atoms with E-state index in [-0.39, 0.29) is 29.6 Å². The average Bonchev–Trinajstić information content (AvgIpc) is 3.49. The van der Waals surface area contributed by atoms with Crippen molar-refractivity contribution in [2.24, 2.45) is 14.1 Å². The quantitative estimate of drug-likeness (QED) is 0.268. The van der Waals surface area contributed by atoms with Gasteiger partial charge in [-0.25, -0.2) is 4.79 Å². The molecule has 2 aliphatic heterocycles. The van der Waals surface area contributed by atoms with Crippen molar-refractivity contribution in [3.05, 3.63) is 87.4 Å². The normalized spacial score (nSPS) is 18.4. The molecule has 8 heteroatoms. The summed E-state index contributed by atoms with van der Waals surface area (Å²) in [6.07, 6.45) is 3.15. The zero-order valence-electron chi connectivity index (χ0n) is 17.8. The first-order chi connectivity index (χ1) is 15.9. The van der Waals surface area contributed by atoms with E-state index in [0.717, 1.165) is 16.6 Å². The van der Waals surface area contributed by atoms with Gasteiger partial charge in [-0.05, 0) is 42.0 Å². The highest BCUT2D eigenvalue weighted by molar-refractivity contribution is 6.15. The van der Waals surface area contributed by atoms with Crippen molar-refractivity contribution in [2.45, 2.75) is 12.3 Å². The summed E-state index contributed by atoms with van der Waals surface area (Å²) >= 11 is 0. The number of ketones is 1. The Morgan fingerprint density at radius 3 is 2.58 bits per heavy atom. The van der Waals surface area contributed by atoms with Crippen LogP contribution in [-0.4, -0.2) is 20.9 Å². The second kappa shape index (κ2) is 6.83. The van der Waals surface area contributed by atoms with Gasteiger partial charge in [0, 0.05) is 31.7 Å². The minimum Gasteiger partial charge on any atom is -0.465 e. The number of hydrogen-bond acceptors (Lipinski definition) is 6. The molecule has 0 unspecified atom stereocenters. The minimum absolute atomic E-state index is 0.0878. The van der Waals surface area contributed by atoms with Crippen LogP contribution in [-0.2, 0) is 18.9 Å². The van der Waals surface area contributed by atoms with Gasteiger partial charge in [0.2, 0.25) is 5.78 Å². The molecule has 0 N–H and O–H groups in total. The van der Waals surface area contributed by atoms with Crippen molar-refractivity contribution < 1.29 is 23.5 Å². The second-order valence-corrected chi connectivity index (χ2v) is 8.19. The van der Waals surface area contributed by atoms with Crippen molar-refractivity contribution in [1.29, 1.82) is 0 Å². The lowest BCUT2D eigenvalue weighted by molar-refractivity contribution is -0.135. The molecule has 0 saturated carbocycles. The van der Waals surface area contributed by atoms with E-state index in [1.165, 1.54) is 6.26 Å². The van der Waals surface area contributed by atoms with Crippen LogP contribution in [0.1, 0.15) is 39.6 Å². The molecule has 0 amide bonds. The van der Waals surface area contributed by atoms with E-state index in [0.29, 0.717) is 28.4 Å². The van der Waals surface area contributed by atoms with Crippen LogP contribution in [0, 0.1) is 0 Å². The summed E-state index contributed by atoms with van der Waals surface area (Å²) < 4.78 is 20.0. The van der Waals surface area contributed by atoms with Crippen LogP contribution in [0.25, 0.3) is 17.1 Å². The van der Waals surface area contributed by atoms with E-state index >= 15 is 0 Å². The Hall–Kier alpha value is -4.33. The number of Topliss-reactive ketones (excluding diaryl/α,β-unsaturated/α-hetero) is 1. The first-order valence-electron chi connectivity index (χ1n) is 10.4. The first kappa shape index (κ1) is 19.4. The molecule has 8 nitrogen and oxygen atoms in total. The highest BCUT2D eigenvalue weighted by Gasteiger charge is 2.38. The molecule has 0 aliphatic carbocycles. The fourth-order valence-electron chi connectivity index (χ4n) is 4.63. The average molecular weight is 442 g/mol. The monoisotopic (exact) mass is 442 g/mol. The largest absolute Gasteiger partial charge is 0.465 e. The van der Waals surface area contributed by atoms with Crippen LogP contribution >= 0.6 is 0 Å². The maximum atomic E-state index is 13.0. The summed E-state index contributed by atoms with van der Waals surface area (Å²) in [6.45, 7) is 0. The van der Waals surface area contributed by atoms with Crippen molar-refractivity contribution in [3.8, 4) is 11.5 Å².